The number of hydrogen-bond donors (Lipinski definition) is 0. The Morgan fingerprint density at radius 2 is 1.83 bits per heavy atom. The summed E-state index contributed by atoms with van der Waals surface area (Å²) in [5.41, 5.74) is 0.914. The van der Waals surface area contributed by atoms with E-state index in [0.717, 1.165) is 31.8 Å². The molecule has 24 heavy (non-hydrogen) atoms. The Labute approximate surface area is 151 Å². The van der Waals surface area contributed by atoms with E-state index in [1.807, 2.05) is 37.4 Å². The molecule has 0 radical (unpaired) electrons. The molecule has 0 aromatic heterocycles. The highest BCUT2D eigenvalue weighted by atomic mass is 32.2. The lowest BCUT2D eigenvalue weighted by atomic mass is 9.93. The Kier molecular flexibility index (Phi) is 7.02. The molecule has 1 saturated heterocycles. The number of hydrogen-bond acceptors (Lipinski definition) is 3. The van der Waals surface area contributed by atoms with Gasteiger partial charge in [0.15, 0.2) is 0 Å². The molecule has 4 heteroatoms. The Bertz CT molecular complexity index is 513. The van der Waals surface area contributed by atoms with Crippen molar-refractivity contribution >= 4 is 17.9 Å². The number of piperidine rings is 1. The molecule has 0 aliphatic carbocycles. The Morgan fingerprint density at radius 1 is 1.21 bits per heavy atom. The van der Waals surface area contributed by atoms with Gasteiger partial charge in [-0.1, -0.05) is 17.7 Å². The van der Waals surface area contributed by atoms with Gasteiger partial charge in [-0.3, -0.25) is 0 Å². The third-order valence-corrected chi connectivity index (χ3v) is 5.41. The standard InChI is InChI=1S/C20H31NO2S/c1-16-7-9-18(10-8-16)24-15-5-6-17-11-13-21(14-12-17)19(22)23-20(2,3)4/h7-10,17H,5-6,11-15H2,1-4H3. The Morgan fingerprint density at radius 3 is 2.42 bits per heavy atom. The monoisotopic (exact) mass is 349 g/mol. The summed E-state index contributed by atoms with van der Waals surface area (Å²) in [6.45, 7) is 9.56. The van der Waals surface area contributed by atoms with E-state index in [1.54, 1.807) is 0 Å². The molecule has 2 rings (SSSR count). The van der Waals surface area contributed by atoms with E-state index in [4.69, 9.17) is 4.74 Å². The molecule has 1 heterocycles. The van der Waals surface area contributed by atoms with E-state index in [-0.39, 0.29) is 6.09 Å². The van der Waals surface area contributed by atoms with Crippen molar-refractivity contribution in [2.24, 2.45) is 5.92 Å². The van der Waals surface area contributed by atoms with Gasteiger partial charge in [-0.15, -0.1) is 11.8 Å². The van der Waals surface area contributed by atoms with Gasteiger partial charge in [0.05, 0.1) is 0 Å². The highest BCUT2D eigenvalue weighted by molar-refractivity contribution is 7.99. The van der Waals surface area contributed by atoms with Crippen molar-refractivity contribution < 1.29 is 9.53 Å². The van der Waals surface area contributed by atoms with Crippen LogP contribution < -0.4 is 0 Å². The molecule has 3 nitrogen and oxygen atoms in total. The van der Waals surface area contributed by atoms with Gasteiger partial charge in [0.1, 0.15) is 5.60 Å². The highest BCUT2D eigenvalue weighted by Gasteiger charge is 2.26. The summed E-state index contributed by atoms with van der Waals surface area (Å²) in [5, 5.41) is 0. The first-order chi connectivity index (χ1) is 11.3. The van der Waals surface area contributed by atoms with Gasteiger partial charge in [0.25, 0.3) is 0 Å². The number of aryl methyl sites for hydroxylation is 1. The second-order valence-electron chi connectivity index (χ2n) is 7.71. The van der Waals surface area contributed by atoms with Crippen LogP contribution in [0, 0.1) is 12.8 Å². The number of nitrogens with zero attached hydrogens (tertiary/aromatic N) is 1. The molecule has 1 aromatic carbocycles. The lowest BCUT2D eigenvalue weighted by molar-refractivity contribution is 0.0181. The first kappa shape index (κ1) is 19.2. The minimum atomic E-state index is -0.402. The molecule has 1 fully saturated rings. The first-order valence-electron chi connectivity index (χ1n) is 9.01. The van der Waals surface area contributed by atoms with Crippen LogP contribution in [0.1, 0.15) is 52.0 Å². The molecular formula is C20H31NO2S. The van der Waals surface area contributed by atoms with Crippen molar-refractivity contribution in [1.82, 2.24) is 4.90 Å². The van der Waals surface area contributed by atoms with E-state index in [9.17, 15) is 4.79 Å². The molecule has 1 amide bonds. The molecule has 1 aliphatic heterocycles. The molecule has 0 bridgehead atoms. The van der Waals surface area contributed by atoms with E-state index in [0.29, 0.717) is 0 Å². The molecule has 1 aromatic rings. The predicted molar refractivity (Wildman–Crippen MR) is 102 cm³/mol. The first-order valence-corrected chi connectivity index (χ1v) is 9.99. The van der Waals surface area contributed by atoms with E-state index in [1.165, 1.54) is 29.1 Å². The number of amides is 1. The van der Waals surface area contributed by atoms with E-state index in [2.05, 4.69) is 31.2 Å². The second kappa shape index (κ2) is 8.80. The lowest BCUT2D eigenvalue weighted by Crippen LogP contribution is -2.41. The van der Waals surface area contributed by atoms with E-state index < -0.39 is 5.60 Å². The van der Waals surface area contributed by atoms with Crippen molar-refractivity contribution in [3.63, 3.8) is 0 Å². The van der Waals surface area contributed by atoms with Gasteiger partial charge < -0.3 is 9.64 Å². The fourth-order valence-electron chi connectivity index (χ4n) is 2.93. The lowest BCUT2D eigenvalue weighted by Gasteiger charge is -2.33. The number of thioether (sulfide) groups is 1. The molecule has 0 saturated carbocycles. The zero-order valence-electron chi connectivity index (χ0n) is 15.5. The average Bonchev–Trinajstić information content (AvgIpc) is 2.52. The highest BCUT2D eigenvalue weighted by Crippen LogP contribution is 2.26. The number of rotatable bonds is 5. The third kappa shape index (κ3) is 6.76. The Balaban J connectivity index is 1.61. The largest absolute Gasteiger partial charge is 0.444 e. The van der Waals surface area contributed by atoms with Crippen molar-refractivity contribution in [2.75, 3.05) is 18.8 Å². The number of carbonyl (C=O) groups is 1. The van der Waals surface area contributed by atoms with Crippen LogP contribution in [-0.2, 0) is 4.74 Å². The van der Waals surface area contributed by atoms with Gasteiger partial charge in [0.2, 0.25) is 0 Å². The number of carbonyl (C=O) groups excluding carboxylic acids is 1. The number of ether oxygens (including phenoxy) is 1. The molecule has 0 unspecified atom stereocenters. The van der Waals surface area contributed by atoms with Crippen LogP contribution in [0.2, 0.25) is 0 Å². The van der Waals surface area contributed by atoms with Crippen LogP contribution in [0.3, 0.4) is 0 Å². The molecular weight excluding hydrogens is 318 g/mol. The molecule has 0 N–H and O–H groups in total. The fraction of sp³-hybridized carbons (Fsp3) is 0.650. The smallest absolute Gasteiger partial charge is 0.410 e. The second-order valence-corrected chi connectivity index (χ2v) is 8.88. The predicted octanol–water partition coefficient (Wildman–Crippen LogP) is 5.51. The van der Waals surface area contributed by atoms with Crippen LogP contribution in [0.15, 0.2) is 29.2 Å². The maximum Gasteiger partial charge on any atom is 0.410 e. The van der Waals surface area contributed by atoms with Gasteiger partial charge in [-0.2, -0.15) is 0 Å². The zero-order valence-corrected chi connectivity index (χ0v) is 16.3. The van der Waals surface area contributed by atoms with Gasteiger partial charge >= 0.3 is 6.09 Å². The summed E-state index contributed by atoms with van der Waals surface area (Å²) in [6, 6.07) is 8.77. The average molecular weight is 350 g/mol. The van der Waals surface area contributed by atoms with Crippen LogP contribution in [0.25, 0.3) is 0 Å². The summed E-state index contributed by atoms with van der Waals surface area (Å²) in [4.78, 5) is 15.3. The van der Waals surface area contributed by atoms with Crippen molar-refractivity contribution in [3.05, 3.63) is 29.8 Å². The Hall–Kier alpha value is -1.16. The minimum absolute atomic E-state index is 0.157. The quantitative estimate of drug-likeness (QED) is 0.518. The van der Waals surface area contributed by atoms with Crippen molar-refractivity contribution in [3.8, 4) is 0 Å². The number of benzene rings is 1. The molecule has 1 aliphatic rings. The molecule has 134 valence electrons. The van der Waals surface area contributed by atoms with E-state index >= 15 is 0 Å². The van der Waals surface area contributed by atoms with Crippen molar-refractivity contribution in [1.29, 1.82) is 0 Å². The van der Waals surface area contributed by atoms with Crippen LogP contribution in [0.4, 0.5) is 4.79 Å². The molecule has 0 spiro atoms. The minimum Gasteiger partial charge on any atom is -0.444 e. The van der Waals surface area contributed by atoms with Gasteiger partial charge in [-0.05, 0) is 77.2 Å². The zero-order chi connectivity index (χ0) is 17.6. The summed E-state index contributed by atoms with van der Waals surface area (Å²) < 4.78 is 5.45. The molecule has 0 atom stereocenters. The summed E-state index contributed by atoms with van der Waals surface area (Å²) in [7, 11) is 0. The van der Waals surface area contributed by atoms with Gasteiger partial charge in [0, 0.05) is 18.0 Å². The topological polar surface area (TPSA) is 29.5 Å². The summed E-state index contributed by atoms with van der Waals surface area (Å²) >= 11 is 1.94. The summed E-state index contributed by atoms with van der Waals surface area (Å²) in [5.74, 6) is 1.93. The number of likely N-dealkylation sites (tertiary alicyclic amines) is 1. The summed E-state index contributed by atoms with van der Waals surface area (Å²) in [6.07, 6.45) is 4.57. The van der Waals surface area contributed by atoms with Crippen LogP contribution in [-0.4, -0.2) is 35.4 Å². The van der Waals surface area contributed by atoms with Crippen molar-refractivity contribution in [2.45, 2.75) is 63.9 Å². The van der Waals surface area contributed by atoms with Gasteiger partial charge in [-0.25, -0.2) is 4.79 Å². The van der Waals surface area contributed by atoms with Crippen LogP contribution in [0.5, 0.6) is 0 Å². The van der Waals surface area contributed by atoms with Crippen LogP contribution >= 0.6 is 11.8 Å². The SMILES string of the molecule is Cc1ccc(SCCCC2CCN(C(=O)OC(C)(C)C)CC2)cc1. The third-order valence-electron chi connectivity index (χ3n) is 4.31. The maximum absolute atomic E-state index is 12.1. The maximum atomic E-state index is 12.1. The normalized spacial score (nSPS) is 16.2. The fourth-order valence-corrected chi connectivity index (χ4v) is 3.80.